The van der Waals surface area contributed by atoms with E-state index >= 15 is 0 Å². The number of benzene rings is 13. The van der Waals surface area contributed by atoms with E-state index in [0.29, 0.717) is 0 Å². The zero-order valence-electron chi connectivity index (χ0n) is 55.3. The van der Waals surface area contributed by atoms with Gasteiger partial charge in [-0.25, -0.2) is 0 Å². The molecule has 0 saturated carbocycles. The van der Waals surface area contributed by atoms with Crippen molar-refractivity contribution in [2.75, 3.05) is 9.80 Å². The Morgan fingerprint density at radius 1 is 0.253 bits per heavy atom. The normalized spacial score (nSPS) is 13.0. The third-order valence-electron chi connectivity index (χ3n) is 20.1. The molecule has 17 rings (SSSR count). The Morgan fingerprint density at radius 2 is 0.568 bits per heavy atom. The monoisotopic (exact) mass is 1220 g/mol. The lowest BCUT2D eigenvalue weighted by molar-refractivity contribution is 0.590. The van der Waals surface area contributed by atoms with Gasteiger partial charge >= 0.3 is 0 Å². The van der Waals surface area contributed by atoms with Gasteiger partial charge in [0, 0.05) is 66.5 Å². The van der Waals surface area contributed by atoms with Crippen LogP contribution in [-0.2, 0) is 16.2 Å². The lowest BCUT2D eigenvalue weighted by atomic mass is 9.33. The first-order chi connectivity index (χ1) is 46.0. The van der Waals surface area contributed by atoms with Crippen LogP contribution in [0.5, 0.6) is 0 Å². The van der Waals surface area contributed by atoms with Crippen molar-refractivity contribution in [2.45, 2.75) is 78.6 Å². The summed E-state index contributed by atoms with van der Waals surface area (Å²) in [6, 6.07) is 104. The van der Waals surface area contributed by atoms with Gasteiger partial charge in [-0.1, -0.05) is 256 Å². The first kappa shape index (κ1) is 58.0. The van der Waals surface area contributed by atoms with E-state index in [1.54, 1.807) is 0 Å². The van der Waals surface area contributed by atoms with E-state index in [2.05, 4.69) is 351 Å². The molecule has 0 bridgehead atoms. The molecule has 2 aromatic heterocycles. The first-order valence-corrected chi connectivity index (χ1v) is 33.5. The summed E-state index contributed by atoms with van der Waals surface area (Å²) in [5, 5.41) is 4.30. The fraction of sp³-hybridized carbons (Fsp3) is 0.133. The standard InChI is InChI=1S/C90H73BN2O2/c1-88(2,3)64-46-69(58-32-18-12-19-33-58)86(70(47-64)59-34-20-13-21-35-59)92-77-52-73-67-40-22-24-42-81(67)94-83(73)54-75(77)91-76-55-84-74(68-41-23-25-43-82(68)95-84)53-78(76)93(80-51-66(90(7,8)9)50-79(92)85(80)91)87-71(62-38-26-36-60(44-62)56-28-14-10-15-29-56)48-65(89(4,5)6)49-72(87)63-39-27-37-61(45-63)57-30-16-11-17-31-57/h10-55H,1-9H3. The van der Waals surface area contributed by atoms with Gasteiger partial charge in [-0.3, -0.25) is 0 Å². The third kappa shape index (κ3) is 9.73. The van der Waals surface area contributed by atoms with Crippen LogP contribution in [0.15, 0.2) is 288 Å². The van der Waals surface area contributed by atoms with Crippen LogP contribution in [0.25, 0.3) is 111 Å². The fourth-order valence-corrected chi connectivity index (χ4v) is 15.1. The Hall–Kier alpha value is -10.9. The molecule has 2 aliphatic heterocycles. The predicted octanol–water partition coefficient (Wildman–Crippen LogP) is 23.5. The molecule has 0 N–H and O–H groups in total. The Balaban J connectivity index is 1.08. The zero-order valence-corrected chi connectivity index (χ0v) is 55.3. The Bertz CT molecular complexity index is 5380. The van der Waals surface area contributed by atoms with Crippen molar-refractivity contribution in [3.05, 3.63) is 296 Å². The molecule has 5 heteroatoms. The fourth-order valence-electron chi connectivity index (χ4n) is 15.1. The second kappa shape index (κ2) is 21.9. The van der Waals surface area contributed by atoms with Crippen LogP contribution in [0.4, 0.5) is 34.1 Å². The molecule has 95 heavy (non-hydrogen) atoms. The maximum absolute atomic E-state index is 7.11. The minimum absolute atomic E-state index is 0.185. The maximum atomic E-state index is 7.11. The number of furan rings is 2. The van der Waals surface area contributed by atoms with Crippen molar-refractivity contribution >= 4 is 101 Å². The highest BCUT2D eigenvalue weighted by molar-refractivity contribution is 7.00. The summed E-state index contributed by atoms with van der Waals surface area (Å²) in [6.45, 7) is 20.9. The summed E-state index contributed by atoms with van der Waals surface area (Å²) >= 11 is 0. The molecular weight excluding hydrogens is 1150 g/mol. The number of fused-ring (bicyclic) bond motifs is 10. The number of hydrogen-bond donors (Lipinski definition) is 0. The van der Waals surface area contributed by atoms with Crippen LogP contribution in [0.2, 0.25) is 0 Å². The topological polar surface area (TPSA) is 32.8 Å². The first-order valence-electron chi connectivity index (χ1n) is 33.5. The van der Waals surface area contributed by atoms with E-state index in [-0.39, 0.29) is 23.0 Å². The predicted molar refractivity (Wildman–Crippen MR) is 404 cm³/mol. The van der Waals surface area contributed by atoms with Crippen LogP contribution < -0.4 is 26.2 Å². The number of rotatable bonds is 8. The van der Waals surface area contributed by atoms with Crippen LogP contribution in [-0.4, -0.2) is 6.71 Å². The average molecular weight is 1230 g/mol. The number of nitrogens with zero attached hydrogens (tertiary/aromatic N) is 2. The lowest BCUT2D eigenvalue weighted by Crippen LogP contribution is -2.61. The Morgan fingerprint density at radius 3 is 0.947 bits per heavy atom. The maximum Gasteiger partial charge on any atom is 0.252 e. The van der Waals surface area contributed by atoms with Gasteiger partial charge in [0.15, 0.2) is 0 Å². The van der Waals surface area contributed by atoms with Crippen LogP contribution in [0, 0.1) is 0 Å². The van der Waals surface area contributed by atoms with Gasteiger partial charge in [-0.15, -0.1) is 0 Å². The third-order valence-corrected chi connectivity index (χ3v) is 20.1. The molecule has 2 aliphatic rings. The molecule has 0 spiro atoms. The largest absolute Gasteiger partial charge is 0.456 e. The van der Waals surface area contributed by atoms with Gasteiger partial charge in [0.2, 0.25) is 0 Å². The smallest absolute Gasteiger partial charge is 0.252 e. The molecule has 0 aliphatic carbocycles. The summed E-state index contributed by atoms with van der Waals surface area (Å²) < 4.78 is 14.2. The summed E-state index contributed by atoms with van der Waals surface area (Å²) in [5.74, 6) is 0. The van der Waals surface area contributed by atoms with E-state index in [1.165, 1.54) is 33.3 Å². The number of anilines is 6. The van der Waals surface area contributed by atoms with E-state index in [9.17, 15) is 0 Å². The number of hydrogen-bond acceptors (Lipinski definition) is 4. The Kier molecular flexibility index (Phi) is 13.3. The van der Waals surface area contributed by atoms with E-state index < -0.39 is 0 Å². The van der Waals surface area contributed by atoms with E-state index in [0.717, 1.165) is 145 Å². The summed E-state index contributed by atoms with van der Waals surface area (Å²) in [4.78, 5) is 5.38. The van der Waals surface area contributed by atoms with Crippen LogP contribution in [0.3, 0.4) is 0 Å². The van der Waals surface area contributed by atoms with Gasteiger partial charge in [-0.05, 0) is 179 Å². The highest BCUT2D eigenvalue weighted by Gasteiger charge is 2.47. The van der Waals surface area contributed by atoms with Crippen molar-refractivity contribution in [1.82, 2.24) is 0 Å². The average Bonchev–Trinajstić information content (AvgIpc) is 1.48. The molecule has 0 unspecified atom stereocenters. The molecule has 0 amide bonds. The van der Waals surface area contributed by atoms with Crippen molar-refractivity contribution in [2.24, 2.45) is 0 Å². The lowest BCUT2D eigenvalue weighted by Gasteiger charge is -2.46. The van der Waals surface area contributed by atoms with Gasteiger partial charge in [0.1, 0.15) is 22.3 Å². The molecule has 4 heterocycles. The van der Waals surface area contributed by atoms with Gasteiger partial charge < -0.3 is 18.6 Å². The molecule has 0 atom stereocenters. The summed E-state index contributed by atoms with van der Waals surface area (Å²) in [6.07, 6.45) is 0. The van der Waals surface area contributed by atoms with Crippen LogP contribution in [0.1, 0.15) is 79.0 Å². The summed E-state index contributed by atoms with van der Waals surface area (Å²) in [5.41, 5.74) is 30.3. The second-order valence-corrected chi connectivity index (χ2v) is 29.3. The van der Waals surface area contributed by atoms with E-state index in [4.69, 9.17) is 8.83 Å². The molecule has 0 radical (unpaired) electrons. The summed E-state index contributed by atoms with van der Waals surface area (Å²) in [7, 11) is 0. The van der Waals surface area contributed by atoms with Gasteiger partial charge in [0.25, 0.3) is 6.71 Å². The highest BCUT2D eigenvalue weighted by atomic mass is 16.3. The second-order valence-electron chi connectivity index (χ2n) is 29.3. The highest BCUT2D eigenvalue weighted by Crippen LogP contribution is 2.56. The van der Waals surface area contributed by atoms with Gasteiger partial charge in [0.05, 0.1) is 11.4 Å². The minimum atomic E-state index is -0.329. The SMILES string of the molecule is CC(C)(C)c1cc(-c2ccccc2)c(N2c3cc4c(cc3B3c5cc6oc7ccccc7c6cc5N(c5c(-c6cccc(-c7ccccc7)c6)cc(C(C)(C)C)cc5-c5cccc(-c6ccccc6)c5)c5cc(C(C)(C)C)cc2c53)oc2ccccc24)c(-c2ccccc2)c1. The van der Waals surface area contributed by atoms with Gasteiger partial charge in [-0.2, -0.15) is 0 Å². The number of para-hydroxylation sites is 2. The quantitative estimate of drug-likeness (QED) is 0.142. The zero-order chi connectivity index (χ0) is 64.6. The molecule has 15 aromatic rings. The van der Waals surface area contributed by atoms with Crippen molar-refractivity contribution in [3.8, 4) is 66.8 Å². The molecular formula is C90H73BN2O2. The molecule has 0 saturated heterocycles. The molecule has 4 nitrogen and oxygen atoms in total. The van der Waals surface area contributed by atoms with Crippen molar-refractivity contribution < 1.29 is 8.83 Å². The molecule has 13 aromatic carbocycles. The van der Waals surface area contributed by atoms with Crippen molar-refractivity contribution in [3.63, 3.8) is 0 Å². The molecule has 0 fully saturated rings. The van der Waals surface area contributed by atoms with E-state index in [1.807, 2.05) is 0 Å². The molecule has 458 valence electrons. The Labute approximate surface area is 557 Å². The van der Waals surface area contributed by atoms with Crippen molar-refractivity contribution in [1.29, 1.82) is 0 Å². The van der Waals surface area contributed by atoms with Crippen LogP contribution >= 0.6 is 0 Å². The minimum Gasteiger partial charge on any atom is -0.456 e.